The van der Waals surface area contributed by atoms with E-state index in [0.29, 0.717) is 26.1 Å². The second-order valence-corrected chi connectivity index (χ2v) is 8.93. The van der Waals surface area contributed by atoms with E-state index in [1.807, 2.05) is 24.3 Å². The number of fused-ring (bicyclic) bond motifs is 1. The molecular formula is C17H25N3O3S. The summed E-state index contributed by atoms with van der Waals surface area (Å²) in [6, 6.07) is 7.67. The lowest BCUT2D eigenvalue weighted by atomic mass is 10.0. The van der Waals surface area contributed by atoms with Crippen LogP contribution in [0.15, 0.2) is 24.3 Å². The SMILES string of the molecule is CCc1ccc(NC(=O)N2CC[C@H]3CN(C)S(=O)(=O)[C@H]3CC2)cc1. The number of aryl methyl sites for hydroxylation is 1. The van der Waals surface area contributed by atoms with Crippen molar-refractivity contribution in [3.63, 3.8) is 0 Å². The van der Waals surface area contributed by atoms with E-state index >= 15 is 0 Å². The first kappa shape index (κ1) is 17.2. The minimum absolute atomic E-state index is 0.127. The van der Waals surface area contributed by atoms with Gasteiger partial charge in [-0.15, -0.1) is 0 Å². The van der Waals surface area contributed by atoms with Gasteiger partial charge in [0, 0.05) is 32.4 Å². The third kappa shape index (κ3) is 3.28. The molecule has 2 heterocycles. The van der Waals surface area contributed by atoms with Crippen LogP contribution in [0.2, 0.25) is 0 Å². The Bertz CT molecular complexity index is 702. The van der Waals surface area contributed by atoms with Crippen LogP contribution in [-0.4, -0.2) is 55.6 Å². The van der Waals surface area contributed by atoms with Crippen LogP contribution in [0, 0.1) is 5.92 Å². The van der Waals surface area contributed by atoms with E-state index in [1.165, 1.54) is 9.87 Å². The number of rotatable bonds is 2. The number of nitrogens with zero attached hydrogens (tertiary/aromatic N) is 2. The highest BCUT2D eigenvalue weighted by Gasteiger charge is 2.45. The normalized spacial score (nSPS) is 26.7. The second kappa shape index (κ2) is 6.72. The van der Waals surface area contributed by atoms with E-state index in [0.717, 1.165) is 18.5 Å². The predicted molar refractivity (Wildman–Crippen MR) is 94.5 cm³/mol. The van der Waals surface area contributed by atoms with Gasteiger partial charge in [0.1, 0.15) is 0 Å². The Hall–Kier alpha value is -1.60. The van der Waals surface area contributed by atoms with Gasteiger partial charge in [-0.05, 0) is 42.9 Å². The molecule has 132 valence electrons. The molecule has 2 saturated heterocycles. The molecule has 1 aromatic rings. The van der Waals surface area contributed by atoms with Gasteiger partial charge >= 0.3 is 6.03 Å². The Labute approximate surface area is 143 Å². The third-order valence-electron chi connectivity index (χ3n) is 5.19. The molecule has 2 amide bonds. The summed E-state index contributed by atoms with van der Waals surface area (Å²) >= 11 is 0. The molecular weight excluding hydrogens is 326 g/mol. The van der Waals surface area contributed by atoms with Gasteiger partial charge in [-0.2, -0.15) is 0 Å². The Morgan fingerprint density at radius 1 is 1.21 bits per heavy atom. The molecule has 24 heavy (non-hydrogen) atoms. The van der Waals surface area contributed by atoms with Crippen LogP contribution in [0.1, 0.15) is 25.3 Å². The maximum absolute atomic E-state index is 12.5. The Morgan fingerprint density at radius 2 is 1.88 bits per heavy atom. The van der Waals surface area contributed by atoms with E-state index in [4.69, 9.17) is 0 Å². The molecule has 2 atom stereocenters. The first-order valence-corrected chi connectivity index (χ1v) is 10.0. The summed E-state index contributed by atoms with van der Waals surface area (Å²) < 4.78 is 26.1. The minimum atomic E-state index is -3.19. The molecule has 3 rings (SSSR count). The Morgan fingerprint density at radius 3 is 2.54 bits per heavy atom. The standard InChI is InChI=1S/C17H25N3O3S/c1-3-13-4-6-15(7-5-13)18-17(21)20-10-8-14-12-19(2)24(22,23)16(14)9-11-20/h4-7,14,16H,3,8-12H2,1-2H3,(H,18,21)/t14-,16-/m0/s1. The van der Waals surface area contributed by atoms with Crippen molar-refractivity contribution in [1.82, 2.24) is 9.21 Å². The number of likely N-dealkylation sites (tertiary alicyclic amines) is 1. The molecule has 0 saturated carbocycles. The number of sulfonamides is 1. The van der Waals surface area contributed by atoms with E-state index in [9.17, 15) is 13.2 Å². The lowest BCUT2D eigenvalue weighted by molar-refractivity contribution is 0.212. The topological polar surface area (TPSA) is 69.7 Å². The third-order valence-corrected chi connectivity index (χ3v) is 7.59. The van der Waals surface area contributed by atoms with Gasteiger partial charge in [0.2, 0.25) is 10.0 Å². The van der Waals surface area contributed by atoms with Crippen molar-refractivity contribution in [2.75, 3.05) is 32.0 Å². The van der Waals surface area contributed by atoms with Gasteiger partial charge < -0.3 is 10.2 Å². The molecule has 0 aromatic heterocycles. The van der Waals surface area contributed by atoms with Crippen molar-refractivity contribution in [2.24, 2.45) is 5.92 Å². The van der Waals surface area contributed by atoms with Crippen LogP contribution in [0.3, 0.4) is 0 Å². The average Bonchev–Trinajstić information content (AvgIpc) is 2.72. The van der Waals surface area contributed by atoms with Gasteiger partial charge in [0.15, 0.2) is 0 Å². The monoisotopic (exact) mass is 351 g/mol. The van der Waals surface area contributed by atoms with Crippen LogP contribution >= 0.6 is 0 Å². The van der Waals surface area contributed by atoms with Crippen molar-refractivity contribution in [3.05, 3.63) is 29.8 Å². The summed E-state index contributed by atoms with van der Waals surface area (Å²) in [5.41, 5.74) is 2.00. The molecule has 2 fully saturated rings. The molecule has 1 aromatic carbocycles. The minimum Gasteiger partial charge on any atom is -0.324 e. The number of carbonyl (C=O) groups is 1. The van der Waals surface area contributed by atoms with Crippen LogP contribution < -0.4 is 5.32 Å². The largest absolute Gasteiger partial charge is 0.324 e. The zero-order valence-electron chi connectivity index (χ0n) is 14.2. The van der Waals surface area contributed by atoms with Crippen LogP contribution in [0.5, 0.6) is 0 Å². The van der Waals surface area contributed by atoms with Crippen LogP contribution in [0.4, 0.5) is 10.5 Å². The molecule has 6 nitrogen and oxygen atoms in total. The predicted octanol–water partition coefficient (Wildman–Crippen LogP) is 2.14. The fourth-order valence-electron chi connectivity index (χ4n) is 3.63. The van der Waals surface area contributed by atoms with Crippen molar-refractivity contribution in [3.8, 4) is 0 Å². The van der Waals surface area contributed by atoms with Gasteiger partial charge in [-0.25, -0.2) is 17.5 Å². The lowest BCUT2D eigenvalue weighted by Gasteiger charge is -2.22. The summed E-state index contributed by atoms with van der Waals surface area (Å²) in [5, 5.41) is 2.57. The number of amides is 2. The highest BCUT2D eigenvalue weighted by molar-refractivity contribution is 7.90. The highest BCUT2D eigenvalue weighted by Crippen LogP contribution is 2.33. The summed E-state index contributed by atoms with van der Waals surface area (Å²) in [6.07, 6.45) is 2.21. The Kier molecular flexibility index (Phi) is 4.83. The quantitative estimate of drug-likeness (QED) is 0.887. The zero-order chi connectivity index (χ0) is 17.3. The molecule has 0 aliphatic carbocycles. The fraction of sp³-hybridized carbons (Fsp3) is 0.588. The fourth-order valence-corrected chi connectivity index (χ4v) is 5.61. The van der Waals surface area contributed by atoms with E-state index in [2.05, 4.69) is 12.2 Å². The van der Waals surface area contributed by atoms with Crippen LogP contribution in [0.25, 0.3) is 0 Å². The molecule has 7 heteroatoms. The summed E-state index contributed by atoms with van der Waals surface area (Å²) in [4.78, 5) is 14.2. The second-order valence-electron chi connectivity index (χ2n) is 6.67. The van der Waals surface area contributed by atoms with Crippen molar-refractivity contribution < 1.29 is 13.2 Å². The number of nitrogens with one attached hydrogen (secondary N) is 1. The van der Waals surface area contributed by atoms with E-state index in [-0.39, 0.29) is 17.2 Å². The van der Waals surface area contributed by atoms with Gasteiger partial charge in [0.25, 0.3) is 0 Å². The summed E-state index contributed by atoms with van der Waals surface area (Å²) in [6.45, 7) is 3.74. The van der Waals surface area contributed by atoms with Gasteiger partial charge in [0.05, 0.1) is 5.25 Å². The number of urea groups is 1. The molecule has 0 radical (unpaired) electrons. The smallest absolute Gasteiger partial charge is 0.321 e. The number of benzene rings is 1. The van der Waals surface area contributed by atoms with E-state index < -0.39 is 10.0 Å². The van der Waals surface area contributed by atoms with E-state index in [1.54, 1.807) is 11.9 Å². The van der Waals surface area contributed by atoms with Gasteiger partial charge in [-0.1, -0.05) is 19.1 Å². The molecule has 0 spiro atoms. The number of hydrogen-bond acceptors (Lipinski definition) is 3. The van der Waals surface area contributed by atoms with Crippen molar-refractivity contribution in [1.29, 1.82) is 0 Å². The zero-order valence-corrected chi connectivity index (χ0v) is 15.1. The number of carbonyl (C=O) groups excluding carboxylic acids is 1. The molecule has 0 bridgehead atoms. The number of anilines is 1. The molecule has 0 unspecified atom stereocenters. The van der Waals surface area contributed by atoms with Gasteiger partial charge in [-0.3, -0.25) is 0 Å². The summed E-state index contributed by atoms with van der Waals surface area (Å²) in [7, 11) is -1.54. The Balaban J connectivity index is 1.63. The van der Waals surface area contributed by atoms with Crippen LogP contribution in [-0.2, 0) is 16.4 Å². The highest BCUT2D eigenvalue weighted by atomic mass is 32.2. The average molecular weight is 351 g/mol. The maximum atomic E-state index is 12.5. The first-order valence-electron chi connectivity index (χ1n) is 8.52. The maximum Gasteiger partial charge on any atom is 0.321 e. The first-order chi connectivity index (χ1) is 11.4. The number of hydrogen-bond donors (Lipinski definition) is 1. The molecule has 2 aliphatic heterocycles. The molecule has 2 aliphatic rings. The molecule has 1 N–H and O–H groups in total. The summed E-state index contributed by atoms with van der Waals surface area (Å²) in [5.74, 6) is 0.127. The lowest BCUT2D eigenvalue weighted by Crippen LogP contribution is -2.37. The van der Waals surface area contributed by atoms with Crippen molar-refractivity contribution >= 4 is 21.7 Å². The van der Waals surface area contributed by atoms with Crippen molar-refractivity contribution in [2.45, 2.75) is 31.4 Å².